The predicted molar refractivity (Wildman–Crippen MR) is 25.5 cm³/mol. The van der Waals surface area contributed by atoms with Crippen molar-refractivity contribution in [1.29, 1.82) is 0 Å². The van der Waals surface area contributed by atoms with E-state index in [0.29, 0.717) is 0 Å². The van der Waals surface area contributed by atoms with E-state index in [1.165, 1.54) is 6.20 Å². The maximum atomic E-state index is 7.62. The maximum Gasteiger partial charge on any atom is 1.00 e. The van der Waals surface area contributed by atoms with Crippen molar-refractivity contribution in [3.05, 3.63) is 17.8 Å². The van der Waals surface area contributed by atoms with Gasteiger partial charge in [-0.05, 0) is 6.92 Å². The summed E-state index contributed by atoms with van der Waals surface area (Å²) in [5, 5.41) is 8.50. The molecule has 0 atom stereocenters. The summed E-state index contributed by atoms with van der Waals surface area (Å²) in [4.78, 5) is 0. The van der Waals surface area contributed by atoms with Crippen LogP contribution < -0.4 is 18.9 Å². The average Bonchev–Trinajstić information content (AvgIpc) is 1.69. The fraction of sp³-hybridized carbons (Fsp3) is 0.333. The maximum absolute atomic E-state index is 7.62. The molecule has 0 spiro atoms. The van der Waals surface area contributed by atoms with Crippen LogP contribution in [-0.4, -0.2) is 0 Å². The van der Waals surface area contributed by atoms with Crippen molar-refractivity contribution < 1.29 is 18.9 Å². The monoisotopic (exact) mass is 104 g/mol. The van der Waals surface area contributed by atoms with E-state index >= 15 is 0 Å². The van der Waals surface area contributed by atoms with Gasteiger partial charge in [-0.2, -0.15) is 0 Å². The summed E-state index contributed by atoms with van der Waals surface area (Å²) in [6.07, 6.45) is 3.09. The molecule has 0 aromatic carbocycles. The molecule has 0 saturated carbocycles. The first kappa shape index (κ1) is 10.5. The van der Waals surface area contributed by atoms with E-state index in [4.69, 9.17) is 5.53 Å². The molecule has 8 heavy (non-hydrogen) atoms. The van der Waals surface area contributed by atoms with Gasteiger partial charge in [-0.15, -0.1) is 0 Å². The number of rotatable bonds is 2. The Morgan fingerprint density at radius 2 is 2.12 bits per heavy atom. The van der Waals surface area contributed by atoms with Gasteiger partial charge in [-0.3, -0.25) is 15.6 Å². The predicted octanol–water partition coefficient (Wildman–Crippen LogP) is -1.09. The van der Waals surface area contributed by atoms with Gasteiger partial charge in [-0.1, -0.05) is 6.08 Å². The first-order valence-corrected chi connectivity index (χ1v) is 1.77. The van der Waals surface area contributed by atoms with Gasteiger partial charge in [-0.25, -0.2) is 0 Å². The molecular weight excluding hydrogens is 99.0 g/mol. The molecule has 0 aliphatic carbocycles. The molecule has 0 N–H and O–H groups in total. The molecule has 38 valence electrons. The van der Waals surface area contributed by atoms with Crippen LogP contribution in [-0.2, 0) is 0 Å². The van der Waals surface area contributed by atoms with Crippen LogP contribution in [0.1, 0.15) is 6.92 Å². The standard InChI is InChI=1S/C3H5N4.Li/c1-2-3-5-7-6-4;/h2-3H,1H3;/q-1;+1. The number of hydrogen-bond donors (Lipinski definition) is 0. The molecular formula is C3H5LiN4. The van der Waals surface area contributed by atoms with E-state index in [2.05, 4.69) is 15.6 Å². The van der Waals surface area contributed by atoms with Gasteiger partial charge in [0, 0.05) is 6.20 Å². The van der Waals surface area contributed by atoms with E-state index in [9.17, 15) is 0 Å². The molecule has 4 nitrogen and oxygen atoms in total. The molecule has 0 rings (SSSR count). The molecule has 0 aromatic rings. The van der Waals surface area contributed by atoms with Gasteiger partial charge in [0.25, 0.3) is 0 Å². The van der Waals surface area contributed by atoms with Crippen molar-refractivity contribution in [1.82, 2.24) is 0 Å². The van der Waals surface area contributed by atoms with Gasteiger partial charge in [0.05, 0.1) is 0 Å². The second-order valence-electron chi connectivity index (χ2n) is 0.777. The van der Waals surface area contributed by atoms with Crippen LogP contribution in [0.5, 0.6) is 0 Å². The van der Waals surface area contributed by atoms with E-state index in [1.807, 2.05) is 0 Å². The average molecular weight is 104 g/mol. The molecule has 0 heterocycles. The summed E-state index contributed by atoms with van der Waals surface area (Å²) in [6.45, 7) is 1.79. The second-order valence-corrected chi connectivity index (χ2v) is 0.777. The molecule has 0 bridgehead atoms. The molecule has 0 unspecified atom stereocenters. The van der Waals surface area contributed by atoms with Crippen molar-refractivity contribution in [3.63, 3.8) is 0 Å². The van der Waals surface area contributed by atoms with Crippen LogP contribution in [0, 0.1) is 0 Å². The Balaban J connectivity index is 0. The fourth-order valence-corrected chi connectivity index (χ4v) is 0.120. The van der Waals surface area contributed by atoms with E-state index in [-0.39, 0.29) is 18.9 Å². The molecule has 0 aliphatic heterocycles. The minimum Gasteiger partial charge on any atom is -0.360 e. The van der Waals surface area contributed by atoms with Crippen LogP contribution >= 0.6 is 0 Å². The third-order valence-electron chi connectivity index (χ3n) is 0.307. The second kappa shape index (κ2) is 9.74. The minimum atomic E-state index is 0. The smallest absolute Gasteiger partial charge is 0.360 e. The minimum absolute atomic E-state index is 0. The summed E-state index contributed by atoms with van der Waals surface area (Å²) in [6, 6.07) is 0. The largest absolute Gasteiger partial charge is 1.00 e. The summed E-state index contributed by atoms with van der Waals surface area (Å²) in [5.74, 6) is 0. The fourth-order valence-electron chi connectivity index (χ4n) is 0.120. The third kappa shape index (κ3) is 9.11. The van der Waals surface area contributed by atoms with Crippen molar-refractivity contribution in [2.75, 3.05) is 0 Å². The number of hydrogen-bond acceptors (Lipinski definition) is 1. The van der Waals surface area contributed by atoms with Gasteiger partial charge in [0.2, 0.25) is 0 Å². The first-order chi connectivity index (χ1) is 3.41. The summed E-state index contributed by atoms with van der Waals surface area (Å²) >= 11 is 0. The van der Waals surface area contributed by atoms with Crippen molar-refractivity contribution in [2.24, 2.45) is 15.6 Å². The van der Waals surface area contributed by atoms with Gasteiger partial charge in [0.15, 0.2) is 0 Å². The third-order valence-corrected chi connectivity index (χ3v) is 0.307. The van der Waals surface area contributed by atoms with Crippen LogP contribution in [0.15, 0.2) is 27.8 Å². The van der Waals surface area contributed by atoms with Gasteiger partial charge >= 0.3 is 18.9 Å². The van der Waals surface area contributed by atoms with Crippen molar-refractivity contribution in [2.45, 2.75) is 6.92 Å². The topological polar surface area (TPSA) is 59.4 Å². The van der Waals surface area contributed by atoms with Crippen LogP contribution in [0.25, 0.3) is 5.53 Å². The quantitative estimate of drug-likeness (QED) is 0.243. The Hall–Kier alpha value is -0.463. The number of nitrogens with zero attached hydrogens (tertiary/aromatic N) is 4. The molecule has 0 fully saturated rings. The van der Waals surface area contributed by atoms with Gasteiger partial charge in [0.1, 0.15) is 0 Å². The van der Waals surface area contributed by atoms with Crippen LogP contribution in [0.2, 0.25) is 0 Å². The summed E-state index contributed by atoms with van der Waals surface area (Å²) in [7, 11) is 0. The van der Waals surface area contributed by atoms with Crippen LogP contribution in [0.3, 0.4) is 0 Å². The zero-order valence-corrected chi connectivity index (χ0v) is 4.94. The number of allylic oxidation sites excluding steroid dienone is 1. The Morgan fingerprint density at radius 1 is 1.50 bits per heavy atom. The molecule has 0 saturated heterocycles. The zero-order chi connectivity index (χ0) is 5.54. The Morgan fingerprint density at radius 3 is 2.50 bits per heavy atom. The van der Waals surface area contributed by atoms with E-state index in [0.717, 1.165) is 0 Å². The molecule has 0 aliphatic rings. The zero-order valence-electron chi connectivity index (χ0n) is 4.94. The van der Waals surface area contributed by atoms with E-state index in [1.54, 1.807) is 13.0 Å². The molecule has 0 radical (unpaired) electrons. The molecule has 0 aromatic heterocycles. The molecule has 0 amide bonds. The summed E-state index contributed by atoms with van der Waals surface area (Å²) in [5.41, 5.74) is 7.62. The Bertz CT molecular complexity index is 97.5. The van der Waals surface area contributed by atoms with Gasteiger partial charge < -0.3 is 5.53 Å². The van der Waals surface area contributed by atoms with Crippen molar-refractivity contribution in [3.8, 4) is 0 Å². The Labute approximate surface area is 59.7 Å². The SMILES string of the molecule is CC=CN=NN=[N-].[Li+]. The van der Waals surface area contributed by atoms with Crippen LogP contribution in [0.4, 0.5) is 0 Å². The van der Waals surface area contributed by atoms with Crippen molar-refractivity contribution >= 4 is 0 Å². The van der Waals surface area contributed by atoms with E-state index < -0.39 is 0 Å². The molecule has 5 heteroatoms. The normalized spacial score (nSPS) is 9.62. The Kier molecular flexibility index (Phi) is 12.8. The summed E-state index contributed by atoms with van der Waals surface area (Å²) < 4.78 is 0. The first-order valence-electron chi connectivity index (χ1n) is 1.77.